The summed E-state index contributed by atoms with van der Waals surface area (Å²) in [6.07, 6.45) is 1.38. The standard InChI is InChI=1S/C19H21NO5S/c1-3-4-11-26(24,25)16-8-5-14(6-9-16)18(21)20-15-7-10-17(19(22)23)13(2)12-15/h5-10,12H,3-4,11H2,1-2H3,(H,20,21)(H,22,23). The lowest BCUT2D eigenvalue weighted by molar-refractivity contribution is 0.0696. The van der Waals surface area contributed by atoms with Crippen molar-refractivity contribution in [1.29, 1.82) is 0 Å². The van der Waals surface area contributed by atoms with E-state index in [4.69, 9.17) is 5.11 Å². The monoisotopic (exact) mass is 375 g/mol. The van der Waals surface area contributed by atoms with Crippen LogP contribution in [0.4, 0.5) is 5.69 Å². The third-order valence-corrected chi connectivity index (χ3v) is 5.77. The third kappa shape index (κ3) is 4.70. The number of unbranched alkanes of at least 4 members (excludes halogenated alkanes) is 1. The van der Waals surface area contributed by atoms with Gasteiger partial charge in [-0.1, -0.05) is 13.3 Å². The molecule has 2 aromatic carbocycles. The maximum Gasteiger partial charge on any atom is 0.335 e. The predicted molar refractivity (Wildman–Crippen MR) is 99.5 cm³/mol. The molecule has 0 aliphatic heterocycles. The Morgan fingerprint density at radius 2 is 1.73 bits per heavy atom. The molecule has 0 unspecified atom stereocenters. The van der Waals surface area contributed by atoms with Crippen molar-refractivity contribution in [3.05, 3.63) is 59.2 Å². The second-order valence-electron chi connectivity index (χ2n) is 5.99. The molecule has 0 fully saturated rings. The van der Waals surface area contributed by atoms with Crippen molar-refractivity contribution in [1.82, 2.24) is 0 Å². The average molecular weight is 375 g/mol. The highest BCUT2D eigenvalue weighted by molar-refractivity contribution is 7.91. The predicted octanol–water partition coefficient (Wildman–Crippen LogP) is 3.52. The Morgan fingerprint density at radius 1 is 1.08 bits per heavy atom. The molecule has 0 aliphatic rings. The van der Waals surface area contributed by atoms with E-state index in [1.807, 2.05) is 6.92 Å². The van der Waals surface area contributed by atoms with Gasteiger partial charge >= 0.3 is 5.97 Å². The summed E-state index contributed by atoms with van der Waals surface area (Å²) in [6, 6.07) is 10.3. The van der Waals surface area contributed by atoms with Crippen molar-refractivity contribution in [3.8, 4) is 0 Å². The first-order valence-corrected chi connectivity index (χ1v) is 9.88. The van der Waals surface area contributed by atoms with Gasteiger partial charge in [-0.3, -0.25) is 4.79 Å². The second-order valence-corrected chi connectivity index (χ2v) is 8.09. The molecule has 0 bridgehead atoms. The Labute approximate surface area is 152 Å². The van der Waals surface area contributed by atoms with E-state index in [1.54, 1.807) is 13.0 Å². The largest absolute Gasteiger partial charge is 0.478 e. The molecule has 0 aliphatic carbocycles. The quantitative estimate of drug-likeness (QED) is 0.771. The van der Waals surface area contributed by atoms with E-state index in [0.29, 0.717) is 23.2 Å². The third-order valence-electron chi connectivity index (χ3n) is 3.96. The van der Waals surface area contributed by atoms with Crippen LogP contribution in [-0.2, 0) is 9.84 Å². The number of aromatic carboxylic acids is 1. The number of amides is 1. The summed E-state index contributed by atoms with van der Waals surface area (Å²) >= 11 is 0. The highest BCUT2D eigenvalue weighted by Gasteiger charge is 2.15. The molecule has 2 rings (SSSR count). The van der Waals surface area contributed by atoms with Gasteiger partial charge in [-0.25, -0.2) is 13.2 Å². The Morgan fingerprint density at radius 3 is 2.27 bits per heavy atom. The number of hydrogen-bond acceptors (Lipinski definition) is 4. The van der Waals surface area contributed by atoms with Gasteiger partial charge in [0.05, 0.1) is 16.2 Å². The summed E-state index contributed by atoms with van der Waals surface area (Å²) in [5.41, 5.74) is 1.49. The average Bonchev–Trinajstić information content (AvgIpc) is 2.60. The van der Waals surface area contributed by atoms with Crippen LogP contribution in [0.5, 0.6) is 0 Å². The zero-order valence-electron chi connectivity index (χ0n) is 14.7. The van der Waals surface area contributed by atoms with Crippen LogP contribution in [0.1, 0.15) is 46.0 Å². The summed E-state index contributed by atoms with van der Waals surface area (Å²) in [4.78, 5) is 23.5. The van der Waals surface area contributed by atoms with Crippen LogP contribution in [0, 0.1) is 6.92 Å². The fourth-order valence-electron chi connectivity index (χ4n) is 2.45. The zero-order valence-corrected chi connectivity index (χ0v) is 15.5. The van der Waals surface area contributed by atoms with Crippen LogP contribution in [-0.4, -0.2) is 31.2 Å². The number of sulfone groups is 1. The number of carbonyl (C=O) groups is 2. The summed E-state index contributed by atoms with van der Waals surface area (Å²) in [5, 5.41) is 11.7. The number of carboxylic acids is 1. The fraction of sp³-hybridized carbons (Fsp3) is 0.263. The summed E-state index contributed by atoms with van der Waals surface area (Å²) in [7, 11) is -3.33. The number of hydrogen-bond donors (Lipinski definition) is 2. The van der Waals surface area contributed by atoms with Gasteiger partial charge in [0.2, 0.25) is 0 Å². The van der Waals surface area contributed by atoms with Crippen molar-refractivity contribution in [2.45, 2.75) is 31.6 Å². The second kappa shape index (κ2) is 8.14. The van der Waals surface area contributed by atoms with E-state index in [1.165, 1.54) is 36.4 Å². The smallest absolute Gasteiger partial charge is 0.335 e. The van der Waals surface area contributed by atoms with Crippen LogP contribution >= 0.6 is 0 Å². The summed E-state index contributed by atoms with van der Waals surface area (Å²) < 4.78 is 24.3. The lowest BCUT2D eigenvalue weighted by Gasteiger charge is -2.09. The Hall–Kier alpha value is -2.67. The number of carboxylic acid groups (broad SMARTS) is 1. The minimum atomic E-state index is -3.33. The fourth-order valence-corrected chi connectivity index (χ4v) is 3.91. The molecule has 0 aromatic heterocycles. The van der Waals surface area contributed by atoms with Crippen molar-refractivity contribution >= 4 is 27.4 Å². The van der Waals surface area contributed by atoms with Gasteiger partial charge in [-0.05, 0) is 61.4 Å². The number of carbonyl (C=O) groups excluding carboxylic acids is 1. The molecule has 2 aromatic rings. The van der Waals surface area contributed by atoms with Gasteiger partial charge in [0.15, 0.2) is 9.84 Å². The zero-order chi connectivity index (χ0) is 19.3. The highest BCUT2D eigenvalue weighted by Crippen LogP contribution is 2.18. The minimum Gasteiger partial charge on any atom is -0.478 e. The van der Waals surface area contributed by atoms with Gasteiger partial charge in [0.25, 0.3) is 5.91 Å². The number of anilines is 1. The van der Waals surface area contributed by atoms with E-state index in [-0.39, 0.29) is 16.2 Å². The molecule has 0 saturated heterocycles. The molecular formula is C19H21NO5S. The van der Waals surface area contributed by atoms with Crippen LogP contribution in [0.3, 0.4) is 0 Å². The van der Waals surface area contributed by atoms with Gasteiger partial charge in [0.1, 0.15) is 0 Å². The summed E-state index contributed by atoms with van der Waals surface area (Å²) in [5.74, 6) is -1.34. The number of rotatable bonds is 7. The topological polar surface area (TPSA) is 101 Å². The van der Waals surface area contributed by atoms with Crippen LogP contribution in [0.25, 0.3) is 0 Å². The first-order valence-electron chi connectivity index (χ1n) is 8.22. The molecule has 26 heavy (non-hydrogen) atoms. The molecule has 0 radical (unpaired) electrons. The molecule has 0 heterocycles. The summed E-state index contributed by atoms with van der Waals surface area (Å²) in [6.45, 7) is 3.57. The molecule has 1 amide bonds. The van der Waals surface area contributed by atoms with Gasteiger partial charge in [-0.2, -0.15) is 0 Å². The number of aryl methyl sites for hydroxylation is 1. The van der Waals surface area contributed by atoms with E-state index >= 15 is 0 Å². The maximum absolute atomic E-state index is 12.3. The van der Waals surface area contributed by atoms with E-state index in [9.17, 15) is 18.0 Å². The van der Waals surface area contributed by atoms with Crippen molar-refractivity contribution in [3.63, 3.8) is 0 Å². The van der Waals surface area contributed by atoms with Crippen molar-refractivity contribution in [2.24, 2.45) is 0 Å². The SMILES string of the molecule is CCCCS(=O)(=O)c1ccc(C(=O)Nc2ccc(C(=O)O)c(C)c2)cc1. The van der Waals surface area contributed by atoms with Gasteiger partial charge < -0.3 is 10.4 Å². The van der Waals surface area contributed by atoms with Gasteiger partial charge in [0, 0.05) is 11.3 Å². The molecule has 0 atom stereocenters. The molecule has 138 valence electrons. The number of benzene rings is 2. The van der Waals surface area contributed by atoms with E-state index in [2.05, 4.69) is 5.32 Å². The van der Waals surface area contributed by atoms with E-state index in [0.717, 1.165) is 6.42 Å². The molecule has 7 heteroatoms. The molecule has 0 spiro atoms. The molecular weight excluding hydrogens is 354 g/mol. The molecule has 0 saturated carbocycles. The molecule has 2 N–H and O–H groups in total. The number of nitrogens with one attached hydrogen (secondary N) is 1. The van der Waals surface area contributed by atoms with Crippen molar-refractivity contribution in [2.75, 3.05) is 11.1 Å². The Balaban J connectivity index is 2.13. The lowest BCUT2D eigenvalue weighted by Crippen LogP contribution is -2.13. The van der Waals surface area contributed by atoms with Crippen LogP contribution < -0.4 is 5.32 Å². The first-order chi connectivity index (χ1) is 12.2. The van der Waals surface area contributed by atoms with Crippen LogP contribution in [0.2, 0.25) is 0 Å². The van der Waals surface area contributed by atoms with Crippen molar-refractivity contribution < 1.29 is 23.1 Å². The van der Waals surface area contributed by atoms with Crippen LogP contribution in [0.15, 0.2) is 47.4 Å². The normalized spacial score (nSPS) is 11.2. The maximum atomic E-state index is 12.3. The Kier molecular flexibility index (Phi) is 6.15. The first kappa shape index (κ1) is 19.7. The van der Waals surface area contributed by atoms with Gasteiger partial charge in [-0.15, -0.1) is 0 Å². The van der Waals surface area contributed by atoms with E-state index < -0.39 is 21.7 Å². The Bertz CT molecular complexity index is 917. The minimum absolute atomic E-state index is 0.0875. The highest BCUT2D eigenvalue weighted by atomic mass is 32.2. The molecule has 6 nitrogen and oxygen atoms in total. The lowest BCUT2D eigenvalue weighted by atomic mass is 10.1.